The second-order valence-electron chi connectivity index (χ2n) is 7.04. The van der Waals surface area contributed by atoms with Crippen LogP contribution in [0, 0.1) is 0 Å². The highest BCUT2D eigenvalue weighted by Gasteiger charge is 2.20. The largest absolute Gasteiger partial charge is 0.489 e. The molecule has 0 radical (unpaired) electrons. The molecule has 0 spiro atoms. The van der Waals surface area contributed by atoms with Gasteiger partial charge in [0, 0.05) is 36.7 Å². The summed E-state index contributed by atoms with van der Waals surface area (Å²) >= 11 is 5.90. The number of hydrogen-bond donors (Lipinski definition) is 1. The molecule has 1 aliphatic rings. The maximum atomic E-state index is 5.90. The minimum absolute atomic E-state index is 0.563. The van der Waals surface area contributed by atoms with E-state index in [1.807, 2.05) is 24.3 Å². The van der Waals surface area contributed by atoms with Gasteiger partial charge >= 0.3 is 0 Å². The van der Waals surface area contributed by atoms with E-state index in [-0.39, 0.29) is 0 Å². The SMILES string of the molecule is CC1CN(CCc2ccc(OCc3ccc(Cl)cc3)cc2)CC(C)N1. The van der Waals surface area contributed by atoms with Gasteiger partial charge in [0.15, 0.2) is 0 Å². The predicted molar refractivity (Wildman–Crippen MR) is 104 cm³/mol. The summed E-state index contributed by atoms with van der Waals surface area (Å²) in [7, 11) is 0. The van der Waals surface area contributed by atoms with Crippen LogP contribution < -0.4 is 10.1 Å². The third-order valence-corrected chi connectivity index (χ3v) is 4.84. The van der Waals surface area contributed by atoms with E-state index >= 15 is 0 Å². The summed E-state index contributed by atoms with van der Waals surface area (Å²) < 4.78 is 5.85. The topological polar surface area (TPSA) is 24.5 Å². The van der Waals surface area contributed by atoms with Gasteiger partial charge in [0.1, 0.15) is 12.4 Å². The van der Waals surface area contributed by atoms with Gasteiger partial charge in [0.25, 0.3) is 0 Å². The average molecular weight is 359 g/mol. The molecule has 1 N–H and O–H groups in total. The third-order valence-electron chi connectivity index (χ3n) is 4.59. The van der Waals surface area contributed by atoms with Crippen LogP contribution in [0.2, 0.25) is 5.02 Å². The first-order valence-corrected chi connectivity index (χ1v) is 9.41. The highest BCUT2D eigenvalue weighted by molar-refractivity contribution is 6.30. The third kappa shape index (κ3) is 5.74. The minimum Gasteiger partial charge on any atom is -0.489 e. The summed E-state index contributed by atoms with van der Waals surface area (Å²) in [5, 5.41) is 4.33. The van der Waals surface area contributed by atoms with Crippen LogP contribution in [0.4, 0.5) is 0 Å². The fourth-order valence-corrected chi connectivity index (χ4v) is 3.54. The lowest BCUT2D eigenvalue weighted by Crippen LogP contribution is -2.54. The summed E-state index contributed by atoms with van der Waals surface area (Å²) in [5.41, 5.74) is 2.48. The molecule has 25 heavy (non-hydrogen) atoms. The van der Waals surface area contributed by atoms with Crippen LogP contribution in [0.15, 0.2) is 48.5 Å². The second kappa shape index (κ2) is 8.70. The molecule has 1 aliphatic heterocycles. The molecule has 3 nitrogen and oxygen atoms in total. The predicted octanol–water partition coefficient (Wildman–Crippen LogP) is 4.14. The second-order valence-corrected chi connectivity index (χ2v) is 7.47. The Morgan fingerprint density at radius 1 is 0.960 bits per heavy atom. The van der Waals surface area contributed by atoms with Gasteiger partial charge in [-0.1, -0.05) is 35.9 Å². The van der Waals surface area contributed by atoms with Gasteiger partial charge in [0.05, 0.1) is 0 Å². The number of halogens is 1. The summed E-state index contributed by atoms with van der Waals surface area (Å²) in [6, 6.07) is 17.4. The van der Waals surface area contributed by atoms with Crippen molar-refractivity contribution in [2.45, 2.75) is 39.0 Å². The zero-order valence-corrected chi connectivity index (χ0v) is 15.8. The average Bonchev–Trinajstić information content (AvgIpc) is 2.60. The molecule has 0 amide bonds. The zero-order valence-electron chi connectivity index (χ0n) is 15.0. The van der Waals surface area contributed by atoms with Crippen molar-refractivity contribution in [3.63, 3.8) is 0 Å². The molecule has 2 atom stereocenters. The van der Waals surface area contributed by atoms with Gasteiger partial charge < -0.3 is 10.1 Å². The Hall–Kier alpha value is -1.55. The maximum absolute atomic E-state index is 5.90. The van der Waals surface area contributed by atoms with E-state index in [2.05, 4.69) is 48.3 Å². The molecule has 2 aromatic carbocycles. The van der Waals surface area contributed by atoms with Crippen LogP contribution in [0.3, 0.4) is 0 Å². The Balaban J connectivity index is 1.46. The van der Waals surface area contributed by atoms with Crippen molar-refractivity contribution in [2.75, 3.05) is 19.6 Å². The molecule has 2 unspecified atom stereocenters. The molecule has 1 heterocycles. The van der Waals surface area contributed by atoms with Crippen LogP contribution in [0.25, 0.3) is 0 Å². The van der Waals surface area contributed by atoms with E-state index < -0.39 is 0 Å². The smallest absolute Gasteiger partial charge is 0.119 e. The van der Waals surface area contributed by atoms with Gasteiger partial charge in [-0.2, -0.15) is 0 Å². The van der Waals surface area contributed by atoms with E-state index in [4.69, 9.17) is 16.3 Å². The summed E-state index contributed by atoms with van der Waals surface area (Å²) in [6.45, 7) is 8.46. The number of nitrogens with one attached hydrogen (secondary N) is 1. The van der Waals surface area contributed by atoms with Crippen molar-refractivity contribution in [1.82, 2.24) is 10.2 Å². The lowest BCUT2D eigenvalue weighted by molar-refractivity contribution is 0.175. The molecule has 1 saturated heterocycles. The number of benzene rings is 2. The fourth-order valence-electron chi connectivity index (χ4n) is 3.41. The normalized spacial score (nSPS) is 21.2. The fraction of sp³-hybridized carbons (Fsp3) is 0.429. The van der Waals surface area contributed by atoms with Crippen LogP contribution in [0.1, 0.15) is 25.0 Å². The standard InChI is InChI=1S/C21H27ClN2O/c1-16-13-24(14-17(2)23-16)12-11-18-5-9-21(10-6-18)25-15-19-3-7-20(22)8-4-19/h3-10,16-17,23H,11-15H2,1-2H3. The molecule has 3 rings (SSSR count). The maximum Gasteiger partial charge on any atom is 0.119 e. The molecule has 0 aromatic heterocycles. The Kier molecular flexibility index (Phi) is 6.35. The minimum atomic E-state index is 0.563. The zero-order chi connectivity index (χ0) is 17.6. The van der Waals surface area contributed by atoms with E-state index in [1.165, 1.54) is 5.56 Å². The lowest BCUT2D eigenvalue weighted by Gasteiger charge is -2.36. The molecule has 0 aliphatic carbocycles. The van der Waals surface area contributed by atoms with Crippen LogP contribution in [-0.2, 0) is 13.0 Å². The first kappa shape index (κ1) is 18.2. The number of piperazine rings is 1. The van der Waals surface area contributed by atoms with Crippen molar-refractivity contribution in [2.24, 2.45) is 0 Å². The van der Waals surface area contributed by atoms with Crippen molar-refractivity contribution in [3.8, 4) is 5.75 Å². The van der Waals surface area contributed by atoms with Crippen LogP contribution in [-0.4, -0.2) is 36.6 Å². The lowest BCUT2D eigenvalue weighted by atomic mass is 10.1. The number of ether oxygens (including phenoxy) is 1. The summed E-state index contributed by atoms with van der Waals surface area (Å²) in [4.78, 5) is 2.55. The van der Waals surface area contributed by atoms with Gasteiger partial charge in [-0.25, -0.2) is 0 Å². The molecule has 4 heteroatoms. The van der Waals surface area contributed by atoms with Gasteiger partial charge in [0.2, 0.25) is 0 Å². The number of hydrogen-bond acceptors (Lipinski definition) is 3. The van der Waals surface area contributed by atoms with E-state index in [9.17, 15) is 0 Å². The van der Waals surface area contributed by atoms with Gasteiger partial charge in [-0.05, 0) is 55.7 Å². The van der Waals surface area contributed by atoms with E-state index in [0.717, 1.165) is 42.4 Å². The Morgan fingerprint density at radius 2 is 1.56 bits per heavy atom. The number of rotatable bonds is 6. The molecule has 134 valence electrons. The summed E-state index contributed by atoms with van der Waals surface area (Å²) in [6.07, 6.45) is 1.08. The van der Waals surface area contributed by atoms with Crippen LogP contribution in [0.5, 0.6) is 5.75 Å². The van der Waals surface area contributed by atoms with Crippen molar-refractivity contribution in [3.05, 3.63) is 64.7 Å². The Labute approximate surface area is 155 Å². The highest BCUT2D eigenvalue weighted by atomic mass is 35.5. The first-order chi connectivity index (χ1) is 12.1. The molecule has 2 aromatic rings. The molecular formula is C21H27ClN2O. The summed E-state index contributed by atoms with van der Waals surface area (Å²) in [5.74, 6) is 0.906. The van der Waals surface area contributed by atoms with Crippen molar-refractivity contribution < 1.29 is 4.74 Å². The van der Waals surface area contributed by atoms with E-state index in [1.54, 1.807) is 0 Å². The van der Waals surface area contributed by atoms with Crippen molar-refractivity contribution in [1.29, 1.82) is 0 Å². The van der Waals surface area contributed by atoms with Crippen LogP contribution >= 0.6 is 11.6 Å². The monoisotopic (exact) mass is 358 g/mol. The van der Waals surface area contributed by atoms with Gasteiger partial charge in [-0.3, -0.25) is 4.90 Å². The molecule has 1 fully saturated rings. The molecule has 0 bridgehead atoms. The molecule has 0 saturated carbocycles. The molecular weight excluding hydrogens is 332 g/mol. The Bertz CT molecular complexity index is 647. The number of nitrogens with zero attached hydrogens (tertiary/aromatic N) is 1. The van der Waals surface area contributed by atoms with E-state index in [0.29, 0.717) is 18.7 Å². The highest BCUT2D eigenvalue weighted by Crippen LogP contribution is 2.16. The first-order valence-electron chi connectivity index (χ1n) is 9.03. The Morgan fingerprint density at radius 3 is 2.20 bits per heavy atom. The van der Waals surface area contributed by atoms with Crippen molar-refractivity contribution >= 4 is 11.6 Å². The quantitative estimate of drug-likeness (QED) is 0.839. The van der Waals surface area contributed by atoms with Gasteiger partial charge in [-0.15, -0.1) is 0 Å².